The lowest BCUT2D eigenvalue weighted by Crippen LogP contribution is -2.46. The first-order valence-corrected chi connectivity index (χ1v) is 6.81. The Kier molecular flexibility index (Phi) is 3.62. The van der Waals surface area contributed by atoms with E-state index in [1.165, 1.54) is 23.7 Å². The molecular formula is C12H21N3S. The Labute approximate surface area is 102 Å². The van der Waals surface area contributed by atoms with Gasteiger partial charge in [-0.25, -0.2) is 4.98 Å². The van der Waals surface area contributed by atoms with Crippen LogP contribution in [0.2, 0.25) is 0 Å². The summed E-state index contributed by atoms with van der Waals surface area (Å²) < 4.78 is 0. The summed E-state index contributed by atoms with van der Waals surface area (Å²) in [6.45, 7) is 11.0. The molecule has 2 heterocycles. The van der Waals surface area contributed by atoms with E-state index in [4.69, 9.17) is 0 Å². The van der Waals surface area contributed by atoms with Crippen LogP contribution >= 0.6 is 11.3 Å². The van der Waals surface area contributed by atoms with Crippen LogP contribution in [0.25, 0.3) is 0 Å². The molecule has 16 heavy (non-hydrogen) atoms. The van der Waals surface area contributed by atoms with Crippen molar-refractivity contribution in [3.05, 3.63) is 16.1 Å². The molecule has 90 valence electrons. The van der Waals surface area contributed by atoms with E-state index in [0.29, 0.717) is 0 Å². The fourth-order valence-corrected chi connectivity index (χ4v) is 2.87. The van der Waals surface area contributed by atoms with Crippen molar-refractivity contribution < 1.29 is 0 Å². The summed E-state index contributed by atoms with van der Waals surface area (Å²) in [6, 6.07) is 0. The highest BCUT2D eigenvalue weighted by Gasteiger charge is 2.24. The number of aromatic nitrogens is 1. The Hall–Kier alpha value is -0.450. The molecule has 0 saturated carbocycles. The van der Waals surface area contributed by atoms with Crippen LogP contribution in [0.15, 0.2) is 5.38 Å². The van der Waals surface area contributed by atoms with Gasteiger partial charge in [0.05, 0.1) is 10.7 Å². The minimum absolute atomic E-state index is 0.224. The topological polar surface area (TPSA) is 28.2 Å². The highest BCUT2D eigenvalue weighted by molar-refractivity contribution is 7.09. The van der Waals surface area contributed by atoms with Crippen LogP contribution in [0.4, 0.5) is 0 Å². The van der Waals surface area contributed by atoms with Gasteiger partial charge in [-0.3, -0.25) is 4.90 Å². The molecule has 1 aromatic heterocycles. The van der Waals surface area contributed by atoms with Crippen LogP contribution < -0.4 is 5.32 Å². The van der Waals surface area contributed by atoms with Crippen LogP contribution in [0, 0.1) is 6.92 Å². The molecule has 0 aromatic carbocycles. The van der Waals surface area contributed by atoms with Crippen LogP contribution in [-0.4, -0.2) is 35.1 Å². The Morgan fingerprint density at radius 2 is 2.38 bits per heavy atom. The maximum absolute atomic E-state index is 4.54. The largest absolute Gasteiger partial charge is 0.310 e. The monoisotopic (exact) mass is 239 g/mol. The molecule has 3 nitrogen and oxygen atoms in total. The molecule has 0 amide bonds. The zero-order chi connectivity index (χ0) is 11.6. The van der Waals surface area contributed by atoms with Gasteiger partial charge in [0.25, 0.3) is 0 Å². The Bertz CT molecular complexity index is 346. The van der Waals surface area contributed by atoms with E-state index in [1.54, 1.807) is 11.3 Å². The maximum atomic E-state index is 4.54. The Balaban J connectivity index is 1.98. The molecule has 0 atom stereocenters. The fourth-order valence-electron chi connectivity index (χ4n) is 2.27. The number of aryl methyl sites for hydroxylation is 1. The van der Waals surface area contributed by atoms with E-state index < -0.39 is 0 Å². The van der Waals surface area contributed by atoms with Gasteiger partial charge >= 0.3 is 0 Å². The van der Waals surface area contributed by atoms with E-state index in [2.05, 4.69) is 41.4 Å². The highest BCUT2D eigenvalue weighted by atomic mass is 32.1. The average Bonchev–Trinajstić information content (AvgIpc) is 2.49. The molecule has 0 spiro atoms. The first kappa shape index (κ1) is 12.0. The zero-order valence-electron chi connectivity index (χ0n) is 10.4. The number of nitrogens with one attached hydrogen (secondary N) is 1. The number of hydrogen-bond donors (Lipinski definition) is 1. The summed E-state index contributed by atoms with van der Waals surface area (Å²) in [5.74, 6) is 0. The SMILES string of the molecule is Cc1nc(CN2CCCNC(C)(C)C2)cs1. The van der Waals surface area contributed by atoms with Gasteiger partial charge in [0.1, 0.15) is 0 Å². The minimum Gasteiger partial charge on any atom is -0.310 e. The van der Waals surface area contributed by atoms with Crippen molar-refractivity contribution in [2.24, 2.45) is 0 Å². The summed E-state index contributed by atoms with van der Waals surface area (Å²) in [6.07, 6.45) is 1.23. The first-order chi connectivity index (χ1) is 7.55. The van der Waals surface area contributed by atoms with E-state index >= 15 is 0 Å². The van der Waals surface area contributed by atoms with Crippen molar-refractivity contribution in [2.45, 2.75) is 39.3 Å². The van der Waals surface area contributed by atoms with Gasteiger partial charge in [0.15, 0.2) is 0 Å². The third kappa shape index (κ3) is 3.27. The van der Waals surface area contributed by atoms with Gasteiger partial charge in [-0.15, -0.1) is 11.3 Å². The van der Waals surface area contributed by atoms with Crippen molar-refractivity contribution in [2.75, 3.05) is 19.6 Å². The van der Waals surface area contributed by atoms with Gasteiger partial charge in [-0.2, -0.15) is 0 Å². The van der Waals surface area contributed by atoms with E-state index in [0.717, 1.165) is 19.6 Å². The molecular weight excluding hydrogens is 218 g/mol. The molecule has 1 aliphatic heterocycles. The molecule has 4 heteroatoms. The summed E-state index contributed by atoms with van der Waals surface area (Å²) >= 11 is 1.74. The summed E-state index contributed by atoms with van der Waals surface area (Å²) in [5, 5.41) is 6.93. The van der Waals surface area contributed by atoms with Gasteiger partial charge < -0.3 is 5.32 Å². The van der Waals surface area contributed by atoms with Gasteiger partial charge in [0, 0.05) is 24.0 Å². The van der Waals surface area contributed by atoms with E-state index in [1.807, 2.05) is 0 Å². The molecule has 1 fully saturated rings. The van der Waals surface area contributed by atoms with Crippen LogP contribution in [-0.2, 0) is 6.54 Å². The summed E-state index contributed by atoms with van der Waals surface area (Å²) in [4.78, 5) is 7.05. The second kappa shape index (κ2) is 4.82. The van der Waals surface area contributed by atoms with Gasteiger partial charge in [0.2, 0.25) is 0 Å². The molecule has 1 saturated heterocycles. The Morgan fingerprint density at radius 3 is 3.06 bits per heavy atom. The van der Waals surface area contributed by atoms with Crippen LogP contribution in [0.3, 0.4) is 0 Å². The maximum Gasteiger partial charge on any atom is 0.0897 e. The lowest BCUT2D eigenvalue weighted by atomic mass is 10.1. The van der Waals surface area contributed by atoms with Crippen LogP contribution in [0.5, 0.6) is 0 Å². The van der Waals surface area contributed by atoms with E-state index in [9.17, 15) is 0 Å². The quantitative estimate of drug-likeness (QED) is 0.856. The molecule has 1 aliphatic rings. The Morgan fingerprint density at radius 1 is 1.56 bits per heavy atom. The average molecular weight is 239 g/mol. The third-order valence-electron chi connectivity index (χ3n) is 2.93. The van der Waals surface area contributed by atoms with Crippen molar-refractivity contribution in [1.29, 1.82) is 0 Å². The predicted molar refractivity (Wildman–Crippen MR) is 68.8 cm³/mol. The second-order valence-corrected chi connectivity index (χ2v) is 6.29. The number of rotatable bonds is 2. The molecule has 0 aliphatic carbocycles. The summed E-state index contributed by atoms with van der Waals surface area (Å²) in [7, 11) is 0. The molecule has 1 N–H and O–H groups in total. The van der Waals surface area contributed by atoms with Crippen molar-refractivity contribution >= 4 is 11.3 Å². The van der Waals surface area contributed by atoms with Gasteiger partial charge in [-0.1, -0.05) is 0 Å². The number of hydrogen-bond acceptors (Lipinski definition) is 4. The molecule has 0 unspecified atom stereocenters. The third-order valence-corrected chi connectivity index (χ3v) is 3.75. The number of nitrogens with zero attached hydrogens (tertiary/aromatic N) is 2. The lowest BCUT2D eigenvalue weighted by molar-refractivity contribution is 0.222. The minimum atomic E-state index is 0.224. The van der Waals surface area contributed by atoms with Crippen molar-refractivity contribution in [3.63, 3.8) is 0 Å². The number of thiazole rings is 1. The molecule has 1 aromatic rings. The highest BCUT2D eigenvalue weighted by Crippen LogP contribution is 2.15. The summed E-state index contributed by atoms with van der Waals surface area (Å²) in [5.41, 5.74) is 1.45. The molecule has 0 bridgehead atoms. The molecule has 2 rings (SSSR count). The van der Waals surface area contributed by atoms with Crippen molar-refractivity contribution in [3.8, 4) is 0 Å². The first-order valence-electron chi connectivity index (χ1n) is 5.94. The smallest absolute Gasteiger partial charge is 0.0897 e. The predicted octanol–water partition coefficient (Wildman–Crippen LogP) is 2.03. The lowest BCUT2D eigenvalue weighted by Gasteiger charge is -2.29. The van der Waals surface area contributed by atoms with Crippen LogP contribution in [0.1, 0.15) is 31.0 Å². The zero-order valence-corrected chi connectivity index (χ0v) is 11.2. The fraction of sp³-hybridized carbons (Fsp3) is 0.750. The normalized spacial score (nSPS) is 21.9. The van der Waals surface area contributed by atoms with Crippen molar-refractivity contribution in [1.82, 2.24) is 15.2 Å². The van der Waals surface area contributed by atoms with Gasteiger partial charge in [-0.05, 0) is 40.3 Å². The molecule has 0 radical (unpaired) electrons. The standard InChI is InChI=1S/C12H21N3S/c1-10-14-11(8-16-10)7-15-6-4-5-13-12(2,3)9-15/h8,13H,4-7,9H2,1-3H3. The van der Waals surface area contributed by atoms with E-state index in [-0.39, 0.29) is 5.54 Å². The second-order valence-electron chi connectivity index (χ2n) is 5.23.